The van der Waals surface area contributed by atoms with Crippen LogP contribution in [0.3, 0.4) is 0 Å². The van der Waals surface area contributed by atoms with Crippen molar-refractivity contribution in [2.75, 3.05) is 20.7 Å². The number of esters is 1. The van der Waals surface area contributed by atoms with Crippen molar-refractivity contribution in [3.8, 4) is 0 Å². The summed E-state index contributed by atoms with van der Waals surface area (Å²) in [5.41, 5.74) is 0.963. The average Bonchev–Trinajstić information content (AvgIpc) is 2.44. The molecule has 0 aliphatic carbocycles. The van der Waals surface area contributed by atoms with E-state index in [2.05, 4.69) is 4.74 Å². The van der Waals surface area contributed by atoms with Crippen molar-refractivity contribution in [1.82, 2.24) is 4.90 Å². The van der Waals surface area contributed by atoms with Crippen LogP contribution in [0.5, 0.6) is 0 Å². The molecule has 0 fully saturated rings. The molecule has 1 aromatic rings. The summed E-state index contributed by atoms with van der Waals surface area (Å²) < 4.78 is 4.63. The normalized spacial score (nSPS) is 12.2. The fraction of sp³-hybridized carbons (Fsp3) is 0.333. The molecule has 4 heteroatoms. The van der Waals surface area contributed by atoms with Crippen molar-refractivity contribution in [2.24, 2.45) is 5.92 Å². The number of carbonyl (C=O) groups excluding carboxylic acids is 2. The van der Waals surface area contributed by atoms with Gasteiger partial charge in [-0.05, 0) is 11.6 Å². The van der Waals surface area contributed by atoms with Gasteiger partial charge in [0.25, 0.3) is 0 Å². The lowest BCUT2D eigenvalue weighted by molar-refractivity contribution is -0.145. The van der Waals surface area contributed by atoms with Gasteiger partial charge >= 0.3 is 5.97 Å². The van der Waals surface area contributed by atoms with Crippen LogP contribution in [0.25, 0.3) is 6.08 Å². The summed E-state index contributed by atoms with van der Waals surface area (Å²) in [6, 6.07) is 9.57. The number of nitrogens with zero attached hydrogens (tertiary/aromatic N) is 1. The van der Waals surface area contributed by atoms with Crippen molar-refractivity contribution in [2.45, 2.75) is 6.92 Å². The van der Waals surface area contributed by atoms with Gasteiger partial charge in [-0.1, -0.05) is 37.3 Å². The lowest BCUT2D eigenvalue weighted by Crippen LogP contribution is -2.33. The highest BCUT2D eigenvalue weighted by atomic mass is 16.5. The topological polar surface area (TPSA) is 46.6 Å². The Balaban J connectivity index is 2.54. The van der Waals surface area contributed by atoms with E-state index >= 15 is 0 Å². The first-order valence-corrected chi connectivity index (χ1v) is 6.10. The molecule has 1 aromatic carbocycles. The highest BCUT2D eigenvalue weighted by Gasteiger charge is 2.17. The van der Waals surface area contributed by atoms with E-state index in [-0.39, 0.29) is 17.8 Å². The molecule has 19 heavy (non-hydrogen) atoms. The quantitative estimate of drug-likeness (QED) is 0.601. The van der Waals surface area contributed by atoms with Gasteiger partial charge in [-0.3, -0.25) is 9.59 Å². The molecule has 1 atom stereocenters. The molecule has 1 rings (SSSR count). The minimum absolute atomic E-state index is 0.139. The van der Waals surface area contributed by atoms with E-state index in [9.17, 15) is 9.59 Å². The third-order valence-electron chi connectivity index (χ3n) is 2.75. The molecule has 0 radical (unpaired) electrons. The molecule has 0 saturated heterocycles. The van der Waals surface area contributed by atoms with Crippen LogP contribution in [0.1, 0.15) is 12.5 Å². The molecule has 102 valence electrons. The van der Waals surface area contributed by atoms with Crippen LogP contribution in [0.4, 0.5) is 0 Å². The van der Waals surface area contributed by atoms with Crippen LogP contribution in [-0.4, -0.2) is 37.5 Å². The maximum absolute atomic E-state index is 11.8. The van der Waals surface area contributed by atoms with Crippen molar-refractivity contribution in [1.29, 1.82) is 0 Å². The van der Waals surface area contributed by atoms with Gasteiger partial charge in [0.05, 0.1) is 13.0 Å². The van der Waals surface area contributed by atoms with Gasteiger partial charge in [-0.25, -0.2) is 0 Å². The zero-order valence-electron chi connectivity index (χ0n) is 11.5. The Labute approximate surface area is 113 Å². The Morgan fingerprint density at radius 1 is 1.32 bits per heavy atom. The van der Waals surface area contributed by atoms with Gasteiger partial charge in [0, 0.05) is 19.7 Å². The average molecular weight is 261 g/mol. The maximum Gasteiger partial charge on any atom is 0.310 e. The molecular formula is C15H19NO3. The van der Waals surface area contributed by atoms with Gasteiger partial charge in [0.2, 0.25) is 5.91 Å². The first-order chi connectivity index (χ1) is 9.04. The van der Waals surface area contributed by atoms with Crippen LogP contribution in [0.15, 0.2) is 36.4 Å². The first kappa shape index (κ1) is 15.0. The number of hydrogen-bond donors (Lipinski definition) is 0. The van der Waals surface area contributed by atoms with Crippen LogP contribution in [-0.2, 0) is 14.3 Å². The number of likely N-dealkylation sites (N-methyl/N-ethyl adjacent to an activating group) is 1. The molecule has 0 spiro atoms. The smallest absolute Gasteiger partial charge is 0.310 e. The van der Waals surface area contributed by atoms with Crippen LogP contribution in [0.2, 0.25) is 0 Å². The van der Waals surface area contributed by atoms with Gasteiger partial charge in [-0.2, -0.15) is 0 Å². The Morgan fingerprint density at radius 2 is 1.95 bits per heavy atom. The molecule has 0 N–H and O–H groups in total. The third-order valence-corrected chi connectivity index (χ3v) is 2.75. The lowest BCUT2D eigenvalue weighted by Gasteiger charge is -2.18. The van der Waals surface area contributed by atoms with E-state index in [1.54, 1.807) is 20.0 Å². The number of rotatable bonds is 5. The predicted molar refractivity (Wildman–Crippen MR) is 74.3 cm³/mol. The fourth-order valence-electron chi connectivity index (χ4n) is 1.64. The number of amides is 1. The van der Waals surface area contributed by atoms with E-state index in [0.29, 0.717) is 6.54 Å². The van der Waals surface area contributed by atoms with Gasteiger partial charge in [-0.15, -0.1) is 0 Å². The van der Waals surface area contributed by atoms with Crippen molar-refractivity contribution >= 4 is 18.0 Å². The molecule has 0 bridgehead atoms. The van der Waals surface area contributed by atoms with Gasteiger partial charge in [0.15, 0.2) is 0 Å². The standard InChI is InChI=1S/C15H19NO3/c1-12(15(18)19-3)11-16(2)14(17)10-9-13-7-5-4-6-8-13/h4-10,12H,11H2,1-3H3. The predicted octanol–water partition coefficient (Wildman–Crippen LogP) is 1.97. The molecule has 4 nitrogen and oxygen atoms in total. The SMILES string of the molecule is COC(=O)C(C)CN(C)C(=O)C=Cc1ccccc1. The number of carbonyl (C=O) groups is 2. The fourth-order valence-corrected chi connectivity index (χ4v) is 1.64. The monoisotopic (exact) mass is 261 g/mol. The largest absolute Gasteiger partial charge is 0.469 e. The zero-order chi connectivity index (χ0) is 14.3. The minimum Gasteiger partial charge on any atom is -0.469 e. The summed E-state index contributed by atoms with van der Waals surface area (Å²) in [4.78, 5) is 24.6. The van der Waals surface area contributed by atoms with E-state index in [0.717, 1.165) is 5.56 Å². The van der Waals surface area contributed by atoms with Crippen LogP contribution >= 0.6 is 0 Å². The van der Waals surface area contributed by atoms with Crippen molar-refractivity contribution < 1.29 is 14.3 Å². The van der Waals surface area contributed by atoms with E-state index < -0.39 is 0 Å². The second-order valence-corrected chi connectivity index (χ2v) is 4.39. The van der Waals surface area contributed by atoms with E-state index in [1.807, 2.05) is 30.3 Å². The zero-order valence-corrected chi connectivity index (χ0v) is 11.5. The first-order valence-electron chi connectivity index (χ1n) is 6.10. The Hall–Kier alpha value is -2.10. The summed E-state index contributed by atoms with van der Waals surface area (Å²) in [6.45, 7) is 2.07. The Kier molecular flexibility index (Phi) is 5.79. The second-order valence-electron chi connectivity index (χ2n) is 4.39. The molecular weight excluding hydrogens is 242 g/mol. The summed E-state index contributed by atoms with van der Waals surface area (Å²) >= 11 is 0. The number of ether oxygens (including phenoxy) is 1. The number of hydrogen-bond acceptors (Lipinski definition) is 3. The molecule has 0 aromatic heterocycles. The highest BCUT2D eigenvalue weighted by molar-refractivity contribution is 5.91. The van der Waals surface area contributed by atoms with Crippen molar-refractivity contribution in [3.63, 3.8) is 0 Å². The summed E-state index contributed by atoms with van der Waals surface area (Å²) in [7, 11) is 3.01. The molecule has 0 heterocycles. The van der Waals surface area contributed by atoms with E-state index in [4.69, 9.17) is 0 Å². The summed E-state index contributed by atoms with van der Waals surface area (Å²) in [6.07, 6.45) is 3.25. The van der Waals surface area contributed by atoms with Gasteiger partial charge < -0.3 is 9.64 Å². The van der Waals surface area contributed by atoms with Gasteiger partial charge in [0.1, 0.15) is 0 Å². The Morgan fingerprint density at radius 3 is 2.53 bits per heavy atom. The minimum atomic E-state index is -0.330. The van der Waals surface area contributed by atoms with Crippen LogP contribution in [0, 0.1) is 5.92 Å². The molecule has 0 aliphatic heterocycles. The summed E-state index contributed by atoms with van der Waals surface area (Å²) in [5, 5.41) is 0. The Bertz CT molecular complexity index is 454. The molecule has 1 amide bonds. The lowest BCUT2D eigenvalue weighted by atomic mass is 10.1. The number of methoxy groups -OCH3 is 1. The highest BCUT2D eigenvalue weighted by Crippen LogP contribution is 2.04. The van der Waals surface area contributed by atoms with E-state index in [1.165, 1.54) is 18.1 Å². The summed E-state index contributed by atoms with van der Waals surface area (Å²) in [5.74, 6) is -0.782. The third kappa shape index (κ3) is 4.95. The van der Waals surface area contributed by atoms with Crippen LogP contribution < -0.4 is 0 Å². The molecule has 1 unspecified atom stereocenters. The molecule has 0 saturated carbocycles. The number of benzene rings is 1. The van der Waals surface area contributed by atoms with Crippen molar-refractivity contribution in [3.05, 3.63) is 42.0 Å². The second kappa shape index (κ2) is 7.36. The maximum atomic E-state index is 11.8. The molecule has 0 aliphatic rings.